The first-order valence-corrected chi connectivity index (χ1v) is 5.21. The molecule has 0 aromatic heterocycles. The number of aliphatic hydroxyl groups is 2. The molecule has 0 fully saturated rings. The zero-order valence-electron chi connectivity index (χ0n) is 6.63. The highest BCUT2D eigenvalue weighted by atomic mass is 32.2. The Bertz CT molecular complexity index is 109. The summed E-state index contributed by atoms with van der Waals surface area (Å²) in [6.07, 6.45) is 2.04. The maximum atomic E-state index is 8.76. The molecule has 0 aliphatic heterocycles. The third-order valence-electron chi connectivity index (χ3n) is 1.16. The molecule has 0 aliphatic rings. The van der Waals surface area contributed by atoms with Crippen LogP contribution in [0, 0.1) is 0 Å². The lowest BCUT2D eigenvalue weighted by Gasteiger charge is -2.05. The molecule has 0 radical (unpaired) electrons. The summed E-state index contributed by atoms with van der Waals surface area (Å²) in [5.74, 6) is 1.83. The molecule has 0 heterocycles. The standard InChI is InChI=1S/C7H16O2S/c1-3-5-10(6-4-2)7(8)9/h8-9H,3-6H2,1-2H3. The lowest BCUT2D eigenvalue weighted by atomic mass is 10.6. The molecule has 0 aromatic carbocycles. The van der Waals surface area contributed by atoms with Crippen LogP contribution in [0.4, 0.5) is 0 Å². The van der Waals surface area contributed by atoms with Gasteiger partial charge >= 0.3 is 0 Å². The average Bonchev–Trinajstić information content (AvgIpc) is 1.87. The summed E-state index contributed by atoms with van der Waals surface area (Å²) in [5, 5.41) is 17.2. The van der Waals surface area contributed by atoms with Gasteiger partial charge in [0.1, 0.15) is 0 Å². The highest BCUT2D eigenvalue weighted by Gasteiger charge is 1.97. The van der Waals surface area contributed by atoms with Crippen LogP contribution in [-0.4, -0.2) is 27.0 Å². The van der Waals surface area contributed by atoms with Crippen LogP contribution in [-0.2, 0) is 0 Å². The molecule has 0 amide bonds. The van der Waals surface area contributed by atoms with Crippen LogP contribution in [0.1, 0.15) is 26.7 Å². The van der Waals surface area contributed by atoms with Crippen LogP contribution in [0.3, 0.4) is 0 Å². The molecule has 0 bridgehead atoms. The van der Waals surface area contributed by atoms with E-state index in [0.717, 1.165) is 24.3 Å². The van der Waals surface area contributed by atoms with Crippen LogP contribution < -0.4 is 0 Å². The molecule has 0 rings (SSSR count). The van der Waals surface area contributed by atoms with E-state index >= 15 is 0 Å². The van der Waals surface area contributed by atoms with Crippen molar-refractivity contribution in [1.82, 2.24) is 0 Å². The fourth-order valence-corrected chi connectivity index (χ4v) is 2.33. The minimum Gasteiger partial charge on any atom is -0.337 e. The van der Waals surface area contributed by atoms with Gasteiger partial charge in [0.25, 0.3) is 0 Å². The van der Waals surface area contributed by atoms with E-state index in [4.69, 9.17) is 10.2 Å². The van der Waals surface area contributed by atoms with Gasteiger partial charge in [0.2, 0.25) is 5.24 Å². The molecule has 3 heteroatoms. The Labute approximate surface area is 64.8 Å². The molecule has 0 unspecified atom stereocenters. The predicted octanol–water partition coefficient (Wildman–Crippen LogP) is 2.28. The van der Waals surface area contributed by atoms with Gasteiger partial charge in [-0.2, -0.15) is 0 Å². The van der Waals surface area contributed by atoms with Gasteiger partial charge in [-0.1, -0.05) is 13.8 Å². The fourth-order valence-electron chi connectivity index (χ4n) is 0.777. The Balaban J connectivity index is 3.86. The number of hydrogen-bond donors (Lipinski definition) is 2. The zero-order chi connectivity index (χ0) is 7.98. The molecule has 0 saturated carbocycles. The van der Waals surface area contributed by atoms with Crippen molar-refractivity contribution in [3.63, 3.8) is 0 Å². The quantitative estimate of drug-likeness (QED) is 0.626. The largest absolute Gasteiger partial charge is 0.337 e. The van der Waals surface area contributed by atoms with Crippen molar-refractivity contribution in [3.8, 4) is 0 Å². The molecule has 10 heavy (non-hydrogen) atoms. The van der Waals surface area contributed by atoms with E-state index in [2.05, 4.69) is 13.8 Å². The summed E-state index contributed by atoms with van der Waals surface area (Å²) in [6.45, 7) is 4.11. The van der Waals surface area contributed by atoms with Crippen LogP contribution >= 0.6 is 10.5 Å². The van der Waals surface area contributed by atoms with Gasteiger partial charge in [-0.15, -0.1) is 10.5 Å². The minimum absolute atomic E-state index is 0.248. The van der Waals surface area contributed by atoms with E-state index in [9.17, 15) is 0 Å². The van der Waals surface area contributed by atoms with Crippen LogP contribution in [0.15, 0.2) is 0 Å². The van der Waals surface area contributed by atoms with Gasteiger partial charge in [0.15, 0.2) is 0 Å². The Kier molecular flexibility index (Phi) is 5.97. The van der Waals surface area contributed by atoms with E-state index in [1.54, 1.807) is 0 Å². The SMILES string of the molecule is CCCS(CCC)=C(O)O. The third-order valence-corrected chi connectivity index (χ3v) is 3.48. The second kappa shape index (κ2) is 5.89. The molecule has 0 aliphatic carbocycles. The van der Waals surface area contributed by atoms with Gasteiger partial charge in [0.05, 0.1) is 0 Å². The van der Waals surface area contributed by atoms with Crippen LogP contribution in [0.2, 0.25) is 0 Å². The van der Waals surface area contributed by atoms with Crippen molar-refractivity contribution in [2.24, 2.45) is 0 Å². The zero-order valence-corrected chi connectivity index (χ0v) is 7.45. The number of rotatable bonds is 4. The van der Waals surface area contributed by atoms with Gasteiger partial charge in [-0.25, -0.2) is 0 Å². The normalized spacial score (nSPS) is 10.5. The summed E-state index contributed by atoms with van der Waals surface area (Å²) in [6, 6.07) is 0. The monoisotopic (exact) mass is 164 g/mol. The molecule has 0 aromatic rings. The molecule has 0 spiro atoms. The van der Waals surface area contributed by atoms with Crippen LogP contribution in [0.5, 0.6) is 0 Å². The summed E-state index contributed by atoms with van der Waals surface area (Å²) in [4.78, 5) is 0. The van der Waals surface area contributed by atoms with E-state index < -0.39 is 0 Å². The summed E-state index contributed by atoms with van der Waals surface area (Å²) < 4.78 is 0. The highest BCUT2D eigenvalue weighted by molar-refractivity contribution is 8.15. The lowest BCUT2D eigenvalue weighted by molar-refractivity contribution is 0.384. The Morgan fingerprint density at radius 3 is 1.70 bits per heavy atom. The van der Waals surface area contributed by atoms with Crippen molar-refractivity contribution in [2.45, 2.75) is 26.7 Å². The van der Waals surface area contributed by atoms with Crippen LogP contribution in [0.25, 0.3) is 0 Å². The van der Waals surface area contributed by atoms with Crippen molar-refractivity contribution in [3.05, 3.63) is 0 Å². The molecule has 0 atom stereocenters. The van der Waals surface area contributed by atoms with E-state index in [1.165, 1.54) is 0 Å². The number of aliphatic hydroxyl groups excluding tert-OH is 1. The highest BCUT2D eigenvalue weighted by Crippen LogP contribution is 2.15. The summed E-state index contributed by atoms with van der Waals surface area (Å²) in [5.41, 5.74) is 0. The molecular formula is C7H16O2S. The lowest BCUT2D eigenvalue weighted by Crippen LogP contribution is -1.99. The Hall–Kier alpha value is 0.140. The van der Waals surface area contributed by atoms with Gasteiger partial charge in [-0.05, 0) is 24.3 Å². The second-order valence-corrected chi connectivity index (χ2v) is 4.35. The molecule has 0 saturated heterocycles. The van der Waals surface area contributed by atoms with Gasteiger partial charge < -0.3 is 10.2 Å². The first-order chi connectivity index (χ1) is 4.72. The summed E-state index contributed by atoms with van der Waals surface area (Å²) in [7, 11) is -0.248. The number of hydrogen-bond acceptors (Lipinski definition) is 0. The predicted molar refractivity (Wildman–Crippen MR) is 48.2 cm³/mol. The first-order valence-electron chi connectivity index (χ1n) is 3.64. The Morgan fingerprint density at radius 1 is 1.10 bits per heavy atom. The van der Waals surface area contributed by atoms with Gasteiger partial charge in [0, 0.05) is 0 Å². The average molecular weight is 164 g/mol. The van der Waals surface area contributed by atoms with Crippen molar-refractivity contribution in [2.75, 3.05) is 11.5 Å². The molecular weight excluding hydrogens is 148 g/mol. The second-order valence-electron chi connectivity index (χ2n) is 2.18. The minimum atomic E-state index is -0.358. The topological polar surface area (TPSA) is 40.5 Å². The first kappa shape index (κ1) is 10.1. The third kappa shape index (κ3) is 4.04. The van der Waals surface area contributed by atoms with E-state index in [0.29, 0.717) is 0 Å². The van der Waals surface area contributed by atoms with Crippen molar-refractivity contribution >= 4 is 15.7 Å². The Morgan fingerprint density at radius 2 is 1.50 bits per heavy atom. The maximum absolute atomic E-state index is 8.76. The van der Waals surface area contributed by atoms with Crippen molar-refractivity contribution < 1.29 is 10.2 Å². The van der Waals surface area contributed by atoms with Crippen molar-refractivity contribution in [1.29, 1.82) is 0 Å². The van der Waals surface area contributed by atoms with E-state index in [-0.39, 0.29) is 15.7 Å². The smallest absolute Gasteiger partial charge is 0.205 e. The molecule has 2 N–H and O–H groups in total. The molecule has 2 nitrogen and oxygen atoms in total. The van der Waals surface area contributed by atoms with Gasteiger partial charge in [-0.3, -0.25) is 0 Å². The fraction of sp³-hybridized carbons (Fsp3) is 0.857. The maximum Gasteiger partial charge on any atom is 0.205 e. The molecule has 62 valence electrons. The van der Waals surface area contributed by atoms with E-state index in [1.807, 2.05) is 0 Å². The summed E-state index contributed by atoms with van der Waals surface area (Å²) >= 11 is 0.